The van der Waals surface area contributed by atoms with E-state index in [0.29, 0.717) is 18.3 Å². The molecule has 8 heteroatoms. The number of hydrogen-bond donors (Lipinski definition) is 1. The zero-order chi connectivity index (χ0) is 26.9. The van der Waals surface area contributed by atoms with Gasteiger partial charge < -0.3 is 19.3 Å². The summed E-state index contributed by atoms with van der Waals surface area (Å²) in [6.07, 6.45) is 20.3. The van der Waals surface area contributed by atoms with Gasteiger partial charge in [0.05, 0.1) is 19.3 Å². The fourth-order valence-electron chi connectivity index (χ4n) is 4.05. The number of carbonyl (C=O) groups excluding carboxylic acids is 1. The first-order valence-corrected chi connectivity index (χ1v) is 16.4. The highest BCUT2D eigenvalue weighted by atomic mass is 32.2. The standard InChI is InChI=1S/C28H55O6PS/c1-5-8-10-12-13-14-15-17-19-24-36-26(21-18-16-11-9-6-2)25(4)33-22-20-23-34-28(30,35-31)27(29)32-7-3/h25-26,30H,5-24H2,1-4H3. The van der Waals surface area contributed by atoms with Gasteiger partial charge in [0.15, 0.2) is 0 Å². The van der Waals surface area contributed by atoms with E-state index in [1.165, 1.54) is 102 Å². The number of ether oxygens (including phenoxy) is 3. The molecule has 3 unspecified atom stereocenters. The van der Waals surface area contributed by atoms with Crippen LogP contribution in [0.25, 0.3) is 0 Å². The van der Waals surface area contributed by atoms with Gasteiger partial charge >= 0.3 is 11.5 Å². The molecule has 0 radical (unpaired) electrons. The van der Waals surface area contributed by atoms with Crippen molar-refractivity contribution in [2.24, 2.45) is 0 Å². The van der Waals surface area contributed by atoms with E-state index in [1.807, 2.05) is 11.8 Å². The second-order valence-corrected chi connectivity index (χ2v) is 11.8. The van der Waals surface area contributed by atoms with Crippen molar-refractivity contribution in [1.82, 2.24) is 0 Å². The first kappa shape index (κ1) is 35.8. The van der Waals surface area contributed by atoms with Gasteiger partial charge in [-0.25, -0.2) is 4.79 Å². The van der Waals surface area contributed by atoms with Crippen molar-refractivity contribution in [2.45, 2.75) is 147 Å². The smallest absolute Gasteiger partial charge is 0.379 e. The summed E-state index contributed by atoms with van der Waals surface area (Å²) in [7, 11) is -0.827. The van der Waals surface area contributed by atoms with E-state index < -0.39 is 20.0 Å². The molecule has 0 bridgehead atoms. The Morgan fingerprint density at radius 2 is 1.39 bits per heavy atom. The largest absolute Gasteiger partial charge is 0.461 e. The van der Waals surface area contributed by atoms with Crippen LogP contribution >= 0.6 is 20.2 Å². The van der Waals surface area contributed by atoms with Crippen LogP contribution in [-0.4, -0.2) is 53.5 Å². The second-order valence-electron chi connectivity index (χ2n) is 9.64. The number of aliphatic hydroxyl groups is 1. The molecule has 0 aromatic rings. The number of rotatable bonds is 27. The summed E-state index contributed by atoms with van der Waals surface area (Å²) in [5.74, 6) is 0.147. The van der Waals surface area contributed by atoms with Crippen molar-refractivity contribution < 1.29 is 28.7 Å². The van der Waals surface area contributed by atoms with Crippen LogP contribution in [0.1, 0.15) is 130 Å². The second kappa shape index (κ2) is 25.1. The average Bonchev–Trinajstić information content (AvgIpc) is 2.88. The predicted octanol–water partition coefficient (Wildman–Crippen LogP) is 8.29. The van der Waals surface area contributed by atoms with Gasteiger partial charge in [-0.1, -0.05) is 97.3 Å². The lowest BCUT2D eigenvalue weighted by atomic mass is 10.1. The molecule has 0 amide bonds. The molecule has 0 spiro atoms. The number of esters is 1. The highest BCUT2D eigenvalue weighted by Gasteiger charge is 2.40. The molecule has 0 saturated heterocycles. The predicted molar refractivity (Wildman–Crippen MR) is 152 cm³/mol. The maximum absolute atomic E-state index is 11.7. The van der Waals surface area contributed by atoms with Crippen molar-refractivity contribution in [3.8, 4) is 0 Å². The minimum Gasteiger partial charge on any atom is -0.461 e. The average molecular weight is 551 g/mol. The molecule has 0 rings (SSSR count). The van der Waals surface area contributed by atoms with Gasteiger partial charge in [0.2, 0.25) is 8.46 Å². The van der Waals surface area contributed by atoms with Crippen molar-refractivity contribution in [1.29, 1.82) is 0 Å². The number of unbranched alkanes of at least 4 members (excludes halogenated alkanes) is 12. The highest BCUT2D eigenvalue weighted by Crippen LogP contribution is 2.26. The molecule has 6 nitrogen and oxygen atoms in total. The minimum atomic E-state index is -2.44. The third-order valence-corrected chi connectivity index (χ3v) is 8.46. The molecule has 0 heterocycles. The van der Waals surface area contributed by atoms with Crippen LogP contribution in [0.2, 0.25) is 0 Å². The Hall–Kier alpha value is -0.200. The van der Waals surface area contributed by atoms with Gasteiger partial charge in [0.25, 0.3) is 0 Å². The van der Waals surface area contributed by atoms with Gasteiger partial charge in [-0.15, -0.1) is 0 Å². The van der Waals surface area contributed by atoms with Gasteiger partial charge in [-0.05, 0) is 38.9 Å². The summed E-state index contributed by atoms with van der Waals surface area (Å²) in [6, 6.07) is 0. The van der Waals surface area contributed by atoms with E-state index in [-0.39, 0.29) is 19.3 Å². The Bertz CT molecular complexity index is 524. The van der Waals surface area contributed by atoms with E-state index >= 15 is 0 Å². The normalized spacial score (nSPS) is 15.0. The van der Waals surface area contributed by atoms with Crippen LogP contribution in [0, 0.1) is 0 Å². The summed E-state index contributed by atoms with van der Waals surface area (Å²) in [5.41, 5.74) is -2.44. The van der Waals surface area contributed by atoms with Crippen LogP contribution in [0.3, 0.4) is 0 Å². The van der Waals surface area contributed by atoms with Crippen LogP contribution < -0.4 is 0 Å². The van der Waals surface area contributed by atoms with Gasteiger partial charge in [-0.3, -0.25) is 4.57 Å². The lowest BCUT2D eigenvalue weighted by Gasteiger charge is -2.24. The number of thioether (sulfide) groups is 1. The topological polar surface area (TPSA) is 82.1 Å². The molecular formula is C28H55O6PS. The lowest BCUT2D eigenvalue weighted by molar-refractivity contribution is -0.196. The first-order valence-electron chi connectivity index (χ1n) is 14.6. The zero-order valence-corrected chi connectivity index (χ0v) is 25.4. The maximum Gasteiger partial charge on any atom is 0.379 e. The third kappa shape index (κ3) is 19.0. The lowest BCUT2D eigenvalue weighted by Crippen LogP contribution is -2.38. The van der Waals surface area contributed by atoms with Crippen molar-refractivity contribution in [2.75, 3.05) is 25.6 Å². The molecule has 0 aromatic heterocycles. The van der Waals surface area contributed by atoms with Crippen molar-refractivity contribution in [3.05, 3.63) is 0 Å². The van der Waals surface area contributed by atoms with Crippen LogP contribution in [0.5, 0.6) is 0 Å². The minimum absolute atomic E-state index is 0.0601. The van der Waals surface area contributed by atoms with Crippen LogP contribution in [0.4, 0.5) is 0 Å². The summed E-state index contributed by atoms with van der Waals surface area (Å²) in [5, 5.41) is 10.5. The fraction of sp³-hybridized carbons (Fsp3) is 0.964. The van der Waals surface area contributed by atoms with Crippen LogP contribution in [0.15, 0.2) is 0 Å². The third-order valence-electron chi connectivity index (χ3n) is 6.33. The number of carbonyl (C=O) groups is 1. The van der Waals surface area contributed by atoms with Crippen molar-refractivity contribution in [3.63, 3.8) is 0 Å². The molecule has 0 aliphatic heterocycles. The van der Waals surface area contributed by atoms with Crippen molar-refractivity contribution >= 4 is 26.2 Å². The Labute approximate surface area is 227 Å². The zero-order valence-electron chi connectivity index (χ0n) is 23.6. The summed E-state index contributed by atoms with van der Waals surface area (Å²) < 4.78 is 27.2. The van der Waals surface area contributed by atoms with E-state index in [9.17, 15) is 14.5 Å². The Morgan fingerprint density at radius 1 is 0.833 bits per heavy atom. The maximum atomic E-state index is 11.7. The summed E-state index contributed by atoms with van der Waals surface area (Å²) in [4.78, 5) is 11.7. The molecule has 0 saturated carbocycles. The first-order chi connectivity index (χ1) is 17.4. The van der Waals surface area contributed by atoms with Gasteiger partial charge in [-0.2, -0.15) is 11.8 Å². The molecular weight excluding hydrogens is 495 g/mol. The van der Waals surface area contributed by atoms with E-state index in [2.05, 4.69) is 20.8 Å². The van der Waals surface area contributed by atoms with E-state index in [1.54, 1.807) is 6.92 Å². The molecule has 214 valence electrons. The molecule has 0 fully saturated rings. The SMILES string of the molecule is CCCCCCCCCCCSC(CCCCCCC)C(C)OCCCOC(O)(P=O)C(=O)OCC. The van der Waals surface area contributed by atoms with Gasteiger partial charge in [0.1, 0.15) is 0 Å². The number of hydrogen-bond acceptors (Lipinski definition) is 7. The summed E-state index contributed by atoms with van der Waals surface area (Å²) in [6.45, 7) is 8.87. The molecule has 3 atom stereocenters. The fourth-order valence-corrected chi connectivity index (χ4v) is 5.69. The molecule has 0 aromatic carbocycles. The monoisotopic (exact) mass is 550 g/mol. The molecule has 36 heavy (non-hydrogen) atoms. The Kier molecular flexibility index (Phi) is 25.0. The van der Waals surface area contributed by atoms with E-state index in [4.69, 9.17) is 14.2 Å². The Balaban J connectivity index is 4.29. The highest BCUT2D eigenvalue weighted by molar-refractivity contribution is 7.99. The van der Waals surface area contributed by atoms with Gasteiger partial charge in [0, 0.05) is 11.9 Å². The molecule has 1 N–H and O–H groups in total. The van der Waals surface area contributed by atoms with E-state index in [0.717, 1.165) is 0 Å². The molecule has 0 aliphatic rings. The van der Waals surface area contributed by atoms with Crippen LogP contribution in [-0.2, 0) is 23.6 Å². The molecule has 0 aliphatic carbocycles. The Morgan fingerprint density at radius 3 is 1.94 bits per heavy atom. The quantitative estimate of drug-likeness (QED) is 0.0477. The summed E-state index contributed by atoms with van der Waals surface area (Å²) >= 11 is 2.05.